The maximum atomic E-state index is 13.6. The van der Waals surface area contributed by atoms with Crippen LogP contribution in [0.15, 0.2) is 48.5 Å². The highest BCUT2D eigenvalue weighted by Gasteiger charge is 2.17. The number of hydrogen-bond donors (Lipinski definition) is 0. The fraction of sp³-hybridized carbons (Fsp3) is 0. The molecule has 0 atom stereocenters. The lowest BCUT2D eigenvalue weighted by Crippen LogP contribution is -2.00. The third-order valence-electron chi connectivity index (χ3n) is 2.77. The molecule has 6 heteroatoms. The molecule has 2 aromatic rings. The molecule has 0 saturated carbocycles. The van der Waals surface area contributed by atoms with E-state index in [4.69, 9.17) is 11.6 Å². The minimum Gasteiger partial charge on any atom is -0.289 e. The van der Waals surface area contributed by atoms with Crippen LogP contribution >= 0.6 is 11.6 Å². The Morgan fingerprint density at radius 2 is 1.90 bits per heavy atom. The zero-order valence-corrected chi connectivity index (χ0v) is 11.4. The van der Waals surface area contributed by atoms with Gasteiger partial charge in [0.1, 0.15) is 5.82 Å². The molecule has 0 radical (unpaired) electrons. The van der Waals surface area contributed by atoms with Crippen molar-refractivity contribution in [1.82, 2.24) is 0 Å². The Morgan fingerprint density at radius 3 is 2.57 bits per heavy atom. The molecule has 0 saturated heterocycles. The molecular formula is C15H9ClFNO3. The van der Waals surface area contributed by atoms with Gasteiger partial charge in [0, 0.05) is 11.6 Å². The number of carbonyl (C=O) groups is 1. The quantitative estimate of drug-likeness (QED) is 0.366. The summed E-state index contributed by atoms with van der Waals surface area (Å²) in [4.78, 5) is 22.2. The van der Waals surface area contributed by atoms with Crippen LogP contribution < -0.4 is 0 Å². The molecule has 0 bridgehead atoms. The zero-order chi connectivity index (χ0) is 15.4. The maximum Gasteiger partial charge on any atom is 0.280 e. The van der Waals surface area contributed by atoms with Crippen LogP contribution in [0.1, 0.15) is 15.9 Å². The number of carbonyl (C=O) groups excluding carboxylic acids is 1. The van der Waals surface area contributed by atoms with Crippen molar-refractivity contribution in [1.29, 1.82) is 0 Å². The van der Waals surface area contributed by atoms with Crippen LogP contribution in [0.4, 0.5) is 10.1 Å². The molecule has 0 N–H and O–H groups in total. The van der Waals surface area contributed by atoms with Crippen LogP contribution in [0, 0.1) is 15.9 Å². The van der Waals surface area contributed by atoms with E-state index in [1.54, 1.807) is 0 Å². The second kappa shape index (κ2) is 6.28. The van der Waals surface area contributed by atoms with Crippen molar-refractivity contribution in [3.8, 4) is 0 Å². The lowest BCUT2D eigenvalue weighted by atomic mass is 10.1. The van der Waals surface area contributed by atoms with E-state index < -0.39 is 16.5 Å². The summed E-state index contributed by atoms with van der Waals surface area (Å²) in [7, 11) is 0. The van der Waals surface area contributed by atoms with E-state index in [2.05, 4.69) is 0 Å². The molecule has 0 aliphatic heterocycles. The highest BCUT2D eigenvalue weighted by Crippen LogP contribution is 2.22. The summed E-state index contributed by atoms with van der Waals surface area (Å²) in [6.07, 6.45) is 2.27. The number of benzene rings is 2. The van der Waals surface area contributed by atoms with E-state index in [-0.39, 0.29) is 21.8 Å². The fourth-order valence-electron chi connectivity index (χ4n) is 1.76. The maximum absolute atomic E-state index is 13.6. The average Bonchev–Trinajstić information content (AvgIpc) is 2.46. The largest absolute Gasteiger partial charge is 0.289 e. The minimum absolute atomic E-state index is 0.0612. The SMILES string of the molecule is O=C(/C=C/c1c(F)cccc1Cl)c1ccccc1[N+](=O)[O-]. The van der Waals surface area contributed by atoms with Gasteiger partial charge in [-0.05, 0) is 30.4 Å². The Labute approximate surface area is 124 Å². The van der Waals surface area contributed by atoms with Gasteiger partial charge in [0.25, 0.3) is 5.69 Å². The summed E-state index contributed by atoms with van der Waals surface area (Å²) < 4.78 is 13.6. The molecule has 0 aliphatic rings. The third kappa shape index (κ3) is 3.32. The van der Waals surface area contributed by atoms with Gasteiger partial charge in [0.05, 0.1) is 15.5 Å². The predicted molar refractivity (Wildman–Crippen MR) is 77.9 cm³/mol. The van der Waals surface area contributed by atoms with E-state index in [0.717, 1.165) is 6.08 Å². The van der Waals surface area contributed by atoms with Crippen LogP contribution in [-0.4, -0.2) is 10.7 Å². The number of nitrogens with zero attached hydrogens (tertiary/aromatic N) is 1. The molecule has 0 aromatic heterocycles. The van der Waals surface area contributed by atoms with Crippen LogP contribution in [0.2, 0.25) is 5.02 Å². The average molecular weight is 306 g/mol. The van der Waals surface area contributed by atoms with Crippen LogP contribution in [0.3, 0.4) is 0 Å². The van der Waals surface area contributed by atoms with Crippen molar-refractivity contribution < 1.29 is 14.1 Å². The highest BCUT2D eigenvalue weighted by atomic mass is 35.5. The molecule has 4 nitrogen and oxygen atoms in total. The Kier molecular flexibility index (Phi) is 4.45. The topological polar surface area (TPSA) is 60.2 Å². The molecule has 0 heterocycles. The lowest BCUT2D eigenvalue weighted by molar-refractivity contribution is -0.385. The van der Waals surface area contributed by atoms with Crippen LogP contribution in [0.5, 0.6) is 0 Å². The van der Waals surface area contributed by atoms with Crippen LogP contribution in [0.25, 0.3) is 6.08 Å². The van der Waals surface area contributed by atoms with Gasteiger partial charge in [-0.25, -0.2) is 4.39 Å². The number of ketones is 1. The number of nitro benzene ring substituents is 1. The van der Waals surface area contributed by atoms with Crippen molar-refractivity contribution >= 4 is 29.1 Å². The van der Waals surface area contributed by atoms with Gasteiger partial charge in [-0.2, -0.15) is 0 Å². The van der Waals surface area contributed by atoms with Gasteiger partial charge in [-0.3, -0.25) is 14.9 Å². The molecule has 0 unspecified atom stereocenters. The first-order valence-corrected chi connectivity index (χ1v) is 6.28. The van der Waals surface area contributed by atoms with Crippen LogP contribution in [-0.2, 0) is 0 Å². The summed E-state index contributed by atoms with van der Waals surface area (Å²) in [5, 5.41) is 11.0. The summed E-state index contributed by atoms with van der Waals surface area (Å²) >= 11 is 5.83. The molecule has 0 aliphatic carbocycles. The minimum atomic E-state index is -0.642. The molecule has 0 fully saturated rings. The van der Waals surface area contributed by atoms with Crippen molar-refractivity contribution in [2.45, 2.75) is 0 Å². The molecule has 0 amide bonds. The van der Waals surface area contributed by atoms with Crippen molar-refractivity contribution in [2.24, 2.45) is 0 Å². The molecular weight excluding hydrogens is 297 g/mol. The fourth-order valence-corrected chi connectivity index (χ4v) is 1.99. The van der Waals surface area contributed by atoms with Gasteiger partial charge in [-0.15, -0.1) is 0 Å². The zero-order valence-electron chi connectivity index (χ0n) is 10.6. The number of hydrogen-bond acceptors (Lipinski definition) is 3. The first-order valence-electron chi connectivity index (χ1n) is 5.90. The second-order valence-electron chi connectivity index (χ2n) is 4.11. The monoisotopic (exact) mass is 305 g/mol. The summed E-state index contributed by atoms with van der Waals surface area (Å²) in [6.45, 7) is 0. The third-order valence-corrected chi connectivity index (χ3v) is 3.10. The van der Waals surface area contributed by atoms with E-state index in [1.165, 1.54) is 48.5 Å². The van der Waals surface area contributed by atoms with Crippen molar-refractivity contribution in [3.63, 3.8) is 0 Å². The Hall–Kier alpha value is -2.53. The normalized spacial score (nSPS) is 10.8. The van der Waals surface area contributed by atoms with Crippen molar-refractivity contribution in [3.05, 3.63) is 80.6 Å². The first-order chi connectivity index (χ1) is 10.0. The van der Waals surface area contributed by atoms with Gasteiger partial charge >= 0.3 is 0 Å². The number of para-hydroxylation sites is 1. The Bertz CT molecular complexity index is 723. The summed E-state index contributed by atoms with van der Waals surface area (Å²) in [6, 6.07) is 9.70. The second-order valence-corrected chi connectivity index (χ2v) is 4.51. The molecule has 21 heavy (non-hydrogen) atoms. The van der Waals surface area contributed by atoms with Gasteiger partial charge in [0.15, 0.2) is 5.78 Å². The number of rotatable bonds is 4. The highest BCUT2D eigenvalue weighted by molar-refractivity contribution is 6.32. The molecule has 2 rings (SSSR count). The Balaban J connectivity index is 2.35. The van der Waals surface area contributed by atoms with Gasteiger partial charge in [0.2, 0.25) is 0 Å². The standard InChI is InChI=1S/C15H9ClFNO3/c16-12-5-3-6-13(17)10(12)8-9-15(19)11-4-1-2-7-14(11)18(20)21/h1-9H/b9-8+. The summed E-state index contributed by atoms with van der Waals surface area (Å²) in [5.74, 6) is -1.17. The van der Waals surface area contributed by atoms with Gasteiger partial charge in [-0.1, -0.05) is 29.8 Å². The summed E-state index contributed by atoms with van der Waals surface area (Å²) in [5.41, 5.74) is -0.302. The van der Waals surface area contributed by atoms with E-state index in [0.29, 0.717) is 0 Å². The first kappa shape index (κ1) is 14.9. The lowest BCUT2D eigenvalue weighted by Gasteiger charge is -2.00. The number of nitro groups is 1. The number of allylic oxidation sites excluding steroid dienone is 1. The van der Waals surface area contributed by atoms with E-state index in [1.807, 2.05) is 0 Å². The van der Waals surface area contributed by atoms with E-state index >= 15 is 0 Å². The smallest absolute Gasteiger partial charge is 0.280 e. The molecule has 2 aromatic carbocycles. The van der Waals surface area contributed by atoms with Gasteiger partial charge < -0.3 is 0 Å². The van der Waals surface area contributed by atoms with E-state index in [9.17, 15) is 19.3 Å². The molecule has 106 valence electrons. The predicted octanol–water partition coefficient (Wildman–Crippen LogP) is 4.28. The number of halogens is 2. The Morgan fingerprint density at radius 1 is 1.19 bits per heavy atom. The molecule has 0 spiro atoms. The van der Waals surface area contributed by atoms with Crippen molar-refractivity contribution in [2.75, 3.05) is 0 Å².